The smallest absolute Gasteiger partial charge is 0.340 e. The number of ether oxygens (including phenoxy) is 1. The molecule has 5 aliphatic rings. The van der Waals surface area contributed by atoms with Crippen LogP contribution in [0.5, 0.6) is 0 Å². The average molecular weight is 398 g/mol. The summed E-state index contributed by atoms with van der Waals surface area (Å²) in [6.07, 6.45) is 8.55. The van der Waals surface area contributed by atoms with Gasteiger partial charge in [0.1, 0.15) is 10.7 Å². The number of carbonyl (C=O) groups is 1. The van der Waals surface area contributed by atoms with E-state index in [1.165, 1.54) is 19.0 Å². The Morgan fingerprint density at radius 2 is 1.89 bits per heavy atom. The highest BCUT2D eigenvalue weighted by atomic mass is 35.5. The first-order chi connectivity index (χ1) is 12.9. The molecule has 8 heteroatoms. The Labute approximate surface area is 163 Å². The Morgan fingerprint density at radius 3 is 2.41 bits per heavy atom. The van der Waals surface area contributed by atoms with E-state index in [-0.39, 0.29) is 22.4 Å². The maximum absolute atomic E-state index is 10.8. The van der Waals surface area contributed by atoms with Crippen LogP contribution in [-0.4, -0.2) is 50.8 Å². The summed E-state index contributed by atoms with van der Waals surface area (Å²) >= 11 is 5.93. The van der Waals surface area contributed by atoms with Crippen molar-refractivity contribution in [2.45, 2.75) is 62.6 Å². The Hall–Kier alpha value is -1.15. The molecule has 0 aromatic carbocycles. The van der Waals surface area contributed by atoms with Crippen molar-refractivity contribution in [3.05, 3.63) is 16.9 Å². The van der Waals surface area contributed by atoms with E-state index in [0.29, 0.717) is 31.1 Å². The van der Waals surface area contributed by atoms with E-state index < -0.39 is 5.97 Å². The number of aliphatic hydroxyl groups is 1. The van der Waals surface area contributed by atoms with Crippen molar-refractivity contribution in [1.82, 2.24) is 9.78 Å². The fourth-order valence-electron chi connectivity index (χ4n) is 5.70. The molecule has 6 rings (SSSR count). The fourth-order valence-corrected chi connectivity index (χ4v) is 6.01. The number of carboxylic acids is 1. The van der Waals surface area contributed by atoms with Gasteiger partial charge in [0.2, 0.25) is 0 Å². The first kappa shape index (κ1) is 19.2. The number of hydrogen-bond acceptors (Lipinski definition) is 5. The van der Waals surface area contributed by atoms with Crippen LogP contribution in [0.25, 0.3) is 0 Å². The van der Waals surface area contributed by atoms with Crippen molar-refractivity contribution >= 4 is 17.6 Å². The maximum atomic E-state index is 10.8. The lowest BCUT2D eigenvalue weighted by atomic mass is 9.52. The van der Waals surface area contributed by atoms with Crippen LogP contribution < -0.4 is 5.73 Å². The largest absolute Gasteiger partial charge is 0.478 e. The predicted octanol–water partition coefficient (Wildman–Crippen LogP) is 2.47. The zero-order valence-electron chi connectivity index (χ0n) is 15.4. The maximum Gasteiger partial charge on any atom is 0.340 e. The number of rotatable bonds is 2. The molecule has 4 aliphatic carbocycles. The van der Waals surface area contributed by atoms with Crippen LogP contribution >= 0.6 is 11.6 Å². The molecule has 5 fully saturated rings. The first-order valence-electron chi connectivity index (χ1n) is 9.88. The van der Waals surface area contributed by atoms with Gasteiger partial charge in [-0.05, 0) is 62.7 Å². The Morgan fingerprint density at radius 1 is 1.26 bits per heavy atom. The summed E-state index contributed by atoms with van der Waals surface area (Å²) in [7, 11) is 0. The van der Waals surface area contributed by atoms with Crippen LogP contribution in [0, 0.1) is 17.8 Å². The average Bonchev–Trinajstić information content (AvgIpc) is 3.01. The molecule has 2 atom stereocenters. The molecule has 1 aliphatic heterocycles. The van der Waals surface area contributed by atoms with Gasteiger partial charge in [-0.25, -0.2) is 9.48 Å². The summed E-state index contributed by atoms with van der Waals surface area (Å²) in [5.41, 5.74) is 5.87. The molecular formula is C19H28ClN3O4. The van der Waals surface area contributed by atoms with Gasteiger partial charge in [0.25, 0.3) is 0 Å². The molecule has 4 saturated carbocycles. The minimum Gasteiger partial charge on any atom is -0.478 e. The quantitative estimate of drug-likeness (QED) is 0.707. The number of nitrogens with zero attached hydrogens (tertiary/aromatic N) is 2. The second kappa shape index (κ2) is 7.35. The van der Waals surface area contributed by atoms with Crippen LogP contribution in [-0.2, 0) is 4.74 Å². The zero-order chi connectivity index (χ0) is 19.2. The van der Waals surface area contributed by atoms with Gasteiger partial charge in [-0.1, -0.05) is 11.6 Å². The summed E-state index contributed by atoms with van der Waals surface area (Å²) < 4.78 is 6.79. The third-order valence-electron chi connectivity index (χ3n) is 6.82. The number of nitrogens with two attached hydrogens (primary N) is 1. The molecule has 27 heavy (non-hydrogen) atoms. The molecule has 150 valence electrons. The second-order valence-electron chi connectivity index (χ2n) is 8.71. The number of halogens is 1. The molecular weight excluding hydrogens is 370 g/mol. The van der Waals surface area contributed by atoms with Gasteiger partial charge in [-0.2, -0.15) is 5.10 Å². The minimum atomic E-state index is -1.04. The van der Waals surface area contributed by atoms with Gasteiger partial charge in [-0.3, -0.25) is 0 Å². The Bertz CT molecular complexity index is 687. The minimum absolute atomic E-state index is 0.0585. The van der Waals surface area contributed by atoms with Gasteiger partial charge in [-0.15, -0.1) is 0 Å². The molecule has 0 radical (unpaired) electrons. The summed E-state index contributed by atoms with van der Waals surface area (Å²) in [5, 5.41) is 23.2. The molecule has 2 unspecified atom stereocenters. The van der Waals surface area contributed by atoms with Crippen molar-refractivity contribution < 1.29 is 19.7 Å². The summed E-state index contributed by atoms with van der Waals surface area (Å²) in [6, 6.07) is 0.557. The van der Waals surface area contributed by atoms with Crippen molar-refractivity contribution in [3.63, 3.8) is 0 Å². The third-order valence-corrected chi connectivity index (χ3v) is 7.19. The van der Waals surface area contributed by atoms with Gasteiger partial charge < -0.3 is 20.7 Å². The first-order valence-corrected chi connectivity index (χ1v) is 10.3. The molecule has 4 bridgehead atoms. The summed E-state index contributed by atoms with van der Waals surface area (Å²) in [5.74, 6) is 1.04. The summed E-state index contributed by atoms with van der Waals surface area (Å²) in [6.45, 7) is 1.34. The van der Waals surface area contributed by atoms with E-state index in [4.69, 9.17) is 27.2 Å². The lowest BCUT2D eigenvalue weighted by Crippen LogP contribution is -2.59. The van der Waals surface area contributed by atoms with E-state index >= 15 is 0 Å². The van der Waals surface area contributed by atoms with Crippen LogP contribution in [0.1, 0.15) is 61.3 Å². The molecule has 4 N–H and O–H groups in total. The van der Waals surface area contributed by atoms with Crippen LogP contribution in [0.3, 0.4) is 0 Å². The summed E-state index contributed by atoms with van der Waals surface area (Å²) in [4.78, 5) is 10.8. The lowest BCUT2D eigenvalue weighted by Gasteiger charge is -2.57. The van der Waals surface area contributed by atoms with Gasteiger partial charge in [0.15, 0.2) is 0 Å². The highest BCUT2D eigenvalue weighted by Gasteiger charge is 2.53. The molecule has 1 saturated heterocycles. The van der Waals surface area contributed by atoms with E-state index in [1.807, 2.05) is 0 Å². The lowest BCUT2D eigenvalue weighted by molar-refractivity contribution is -0.132. The predicted molar refractivity (Wildman–Crippen MR) is 99.8 cm³/mol. The molecule has 1 aromatic heterocycles. The van der Waals surface area contributed by atoms with Crippen LogP contribution in [0.2, 0.25) is 5.15 Å². The normalized spacial score (nSPS) is 37.7. The molecule has 0 amide bonds. The van der Waals surface area contributed by atoms with Crippen LogP contribution in [0.15, 0.2) is 6.20 Å². The monoisotopic (exact) mass is 397 g/mol. The fraction of sp³-hybridized carbons (Fsp3) is 0.789. The van der Waals surface area contributed by atoms with E-state index in [9.17, 15) is 9.90 Å². The Kier molecular flexibility index (Phi) is 5.22. The standard InChI is InChI=1S/C10H17NO.C9H11ClN2O3/c11-9-7-1-6-2-8(9)5-10(12,3-6)4-7;10-8-7(9(13)14)5-11-12(8)6-1-3-15-4-2-6/h6-9,12H,1-5,11H2;5-6H,1-4H2,(H,13,14). The number of hydrogen-bond donors (Lipinski definition) is 3. The highest BCUT2D eigenvalue weighted by Crippen LogP contribution is 2.54. The van der Waals surface area contributed by atoms with E-state index in [2.05, 4.69) is 5.10 Å². The van der Waals surface area contributed by atoms with Crippen LogP contribution in [0.4, 0.5) is 0 Å². The number of carboxylic acid groups (broad SMARTS) is 1. The van der Waals surface area contributed by atoms with Gasteiger partial charge >= 0.3 is 5.97 Å². The van der Waals surface area contributed by atoms with Crippen molar-refractivity contribution in [2.24, 2.45) is 23.5 Å². The third kappa shape index (κ3) is 3.75. The zero-order valence-corrected chi connectivity index (χ0v) is 16.1. The molecule has 1 aromatic rings. The number of aromatic carboxylic acids is 1. The Balaban J connectivity index is 0.000000136. The van der Waals surface area contributed by atoms with Gasteiger partial charge in [0, 0.05) is 19.3 Å². The van der Waals surface area contributed by atoms with Crippen molar-refractivity contribution in [3.8, 4) is 0 Å². The van der Waals surface area contributed by atoms with E-state index in [1.54, 1.807) is 4.68 Å². The number of aromatic nitrogens is 2. The molecule has 0 spiro atoms. The second-order valence-corrected chi connectivity index (χ2v) is 9.07. The molecule has 2 heterocycles. The van der Waals surface area contributed by atoms with E-state index in [0.717, 1.165) is 38.0 Å². The van der Waals surface area contributed by atoms with Crippen molar-refractivity contribution in [2.75, 3.05) is 13.2 Å². The van der Waals surface area contributed by atoms with Crippen molar-refractivity contribution in [1.29, 1.82) is 0 Å². The topological polar surface area (TPSA) is 111 Å². The van der Waals surface area contributed by atoms with Gasteiger partial charge in [0.05, 0.1) is 17.8 Å². The highest BCUT2D eigenvalue weighted by molar-refractivity contribution is 6.32. The molecule has 7 nitrogen and oxygen atoms in total. The SMILES string of the molecule is NC1C2CC3CC1CC(O)(C3)C2.O=C(O)c1cnn(C2CCOCC2)c1Cl.